The molecule has 0 aliphatic carbocycles. The number of benzene rings is 1. The Kier molecular flexibility index (Phi) is 4.79. The van der Waals surface area contributed by atoms with Crippen molar-refractivity contribution in [2.75, 3.05) is 19.7 Å². The highest BCUT2D eigenvalue weighted by molar-refractivity contribution is 7.89. The molecule has 0 saturated carbocycles. The highest BCUT2D eigenvalue weighted by atomic mass is 32.2. The number of aromatic nitrogens is 2. The summed E-state index contributed by atoms with van der Waals surface area (Å²) in [7, 11) is -3.50. The van der Waals surface area contributed by atoms with Gasteiger partial charge in [-0.05, 0) is 24.3 Å². The summed E-state index contributed by atoms with van der Waals surface area (Å²) in [5, 5.41) is 13.3. The molecule has 0 atom stereocenters. The zero-order chi connectivity index (χ0) is 16.3. The van der Waals surface area contributed by atoms with E-state index in [1.165, 1.54) is 10.5 Å². The van der Waals surface area contributed by atoms with E-state index in [2.05, 4.69) is 5.10 Å². The smallest absolute Gasteiger partial charge is 0.246 e. The van der Waals surface area contributed by atoms with Crippen molar-refractivity contribution in [2.24, 2.45) is 5.92 Å². The molecule has 2 heterocycles. The number of nitrogens with zero attached hydrogens (tertiary/aromatic N) is 3. The van der Waals surface area contributed by atoms with Crippen molar-refractivity contribution < 1.29 is 13.5 Å². The average Bonchev–Trinajstić information content (AvgIpc) is 3.05. The lowest BCUT2D eigenvalue weighted by Crippen LogP contribution is -2.39. The van der Waals surface area contributed by atoms with Gasteiger partial charge in [0.25, 0.3) is 0 Å². The van der Waals surface area contributed by atoms with Gasteiger partial charge in [-0.2, -0.15) is 9.40 Å². The van der Waals surface area contributed by atoms with Crippen LogP contribution in [0, 0.1) is 5.92 Å². The van der Waals surface area contributed by atoms with Gasteiger partial charge in [0.2, 0.25) is 10.0 Å². The van der Waals surface area contributed by atoms with Crippen LogP contribution in [-0.2, 0) is 16.6 Å². The highest BCUT2D eigenvalue weighted by Gasteiger charge is 2.30. The van der Waals surface area contributed by atoms with Crippen LogP contribution >= 0.6 is 0 Å². The van der Waals surface area contributed by atoms with Crippen LogP contribution < -0.4 is 0 Å². The Balaban J connectivity index is 1.71. The molecule has 3 rings (SSSR count). The molecule has 6 nitrogen and oxygen atoms in total. The van der Waals surface area contributed by atoms with Gasteiger partial charge in [-0.25, -0.2) is 8.42 Å². The Hall–Kier alpha value is -1.70. The summed E-state index contributed by atoms with van der Waals surface area (Å²) in [6.07, 6.45) is 4.40. The molecule has 0 spiro atoms. The number of aliphatic hydroxyl groups is 1. The maximum Gasteiger partial charge on any atom is 0.246 e. The first kappa shape index (κ1) is 16.2. The Bertz CT molecular complexity index is 735. The number of hydrogen-bond acceptors (Lipinski definition) is 4. The normalized spacial score (nSPS) is 17.4. The summed E-state index contributed by atoms with van der Waals surface area (Å²) in [5.74, 6) is 0.210. The molecule has 1 aromatic heterocycles. The zero-order valence-corrected chi connectivity index (χ0v) is 13.7. The molecule has 1 N–H and O–H groups in total. The minimum absolute atomic E-state index is 0.128. The SMILES string of the molecule is O=S(=O)(c1cnn(Cc2ccccc2)c1)N1CCC(CO)CC1. The fourth-order valence-electron chi connectivity index (χ4n) is 2.82. The van der Waals surface area contributed by atoms with Crippen LogP contribution in [0.25, 0.3) is 0 Å². The number of piperidine rings is 1. The predicted molar refractivity (Wildman–Crippen MR) is 86.3 cm³/mol. The van der Waals surface area contributed by atoms with Gasteiger partial charge in [-0.15, -0.1) is 0 Å². The summed E-state index contributed by atoms with van der Waals surface area (Å²) in [6.45, 7) is 1.58. The molecular weight excluding hydrogens is 314 g/mol. The maximum absolute atomic E-state index is 12.7. The molecule has 23 heavy (non-hydrogen) atoms. The molecule has 1 fully saturated rings. The molecule has 0 radical (unpaired) electrons. The van der Waals surface area contributed by atoms with Crippen molar-refractivity contribution in [3.05, 3.63) is 48.3 Å². The molecule has 0 unspecified atom stereocenters. The maximum atomic E-state index is 12.7. The Morgan fingerprint density at radius 2 is 1.87 bits per heavy atom. The Morgan fingerprint density at radius 3 is 2.52 bits per heavy atom. The third-order valence-corrected chi connectivity index (χ3v) is 6.12. The van der Waals surface area contributed by atoms with E-state index in [4.69, 9.17) is 5.11 Å². The largest absolute Gasteiger partial charge is 0.396 e. The summed E-state index contributed by atoms with van der Waals surface area (Å²) >= 11 is 0. The van der Waals surface area contributed by atoms with Gasteiger partial charge in [-0.1, -0.05) is 30.3 Å². The quantitative estimate of drug-likeness (QED) is 0.894. The highest BCUT2D eigenvalue weighted by Crippen LogP contribution is 2.23. The third-order valence-electron chi connectivity index (χ3n) is 4.27. The van der Waals surface area contributed by atoms with Gasteiger partial charge < -0.3 is 5.11 Å². The molecule has 0 bridgehead atoms. The van der Waals surface area contributed by atoms with Crippen LogP contribution in [0.5, 0.6) is 0 Å². The molecule has 1 aromatic carbocycles. The van der Waals surface area contributed by atoms with E-state index >= 15 is 0 Å². The van der Waals surface area contributed by atoms with Gasteiger partial charge in [0.05, 0.1) is 12.7 Å². The molecule has 1 aliphatic rings. The van der Waals surface area contributed by atoms with Crippen molar-refractivity contribution in [1.29, 1.82) is 0 Å². The molecule has 2 aromatic rings. The first-order valence-electron chi connectivity index (χ1n) is 7.77. The molecule has 0 amide bonds. The van der Waals surface area contributed by atoms with E-state index < -0.39 is 10.0 Å². The van der Waals surface area contributed by atoms with Gasteiger partial charge in [0.15, 0.2) is 0 Å². The Labute approximate surface area is 136 Å². The number of sulfonamides is 1. The molecule has 7 heteroatoms. The zero-order valence-electron chi connectivity index (χ0n) is 12.9. The fraction of sp³-hybridized carbons (Fsp3) is 0.438. The van der Waals surface area contributed by atoms with E-state index in [0.717, 1.165) is 5.56 Å². The number of aliphatic hydroxyl groups excluding tert-OH is 1. The number of hydrogen-bond donors (Lipinski definition) is 1. The summed E-state index contributed by atoms with van der Waals surface area (Å²) in [6, 6.07) is 9.80. The monoisotopic (exact) mass is 335 g/mol. The minimum atomic E-state index is -3.50. The van der Waals surface area contributed by atoms with Crippen molar-refractivity contribution in [1.82, 2.24) is 14.1 Å². The van der Waals surface area contributed by atoms with Crippen LogP contribution in [0.1, 0.15) is 18.4 Å². The second kappa shape index (κ2) is 6.82. The van der Waals surface area contributed by atoms with E-state index in [0.29, 0.717) is 32.5 Å². The lowest BCUT2D eigenvalue weighted by atomic mass is 10.00. The van der Waals surface area contributed by atoms with E-state index in [-0.39, 0.29) is 17.4 Å². The molecule has 1 saturated heterocycles. The van der Waals surface area contributed by atoms with Crippen LogP contribution in [0.2, 0.25) is 0 Å². The van der Waals surface area contributed by atoms with Crippen LogP contribution in [0.15, 0.2) is 47.6 Å². The Morgan fingerprint density at radius 1 is 1.17 bits per heavy atom. The molecular formula is C16H21N3O3S. The third kappa shape index (κ3) is 3.63. The van der Waals surface area contributed by atoms with E-state index in [1.807, 2.05) is 30.3 Å². The average molecular weight is 335 g/mol. The van der Waals surface area contributed by atoms with Crippen molar-refractivity contribution in [3.8, 4) is 0 Å². The topological polar surface area (TPSA) is 75.4 Å². The first-order valence-corrected chi connectivity index (χ1v) is 9.21. The summed E-state index contributed by atoms with van der Waals surface area (Å²) in [5.41, 5.74) is 1.07. The van der Waals surface area contributed by atoms with Gasteiger partial charge in [0, 0.05) is 25.9 Å². The van der Waals surface area contributed by atoms with Crippen LogP contribution in [-0.4, -0.2) is 47.3 Å². The molecule has 1 aliphatic heterocycles. The van der Waals surface area contributed by atoms with Gasteiger partial charge in [-0.3, -0.25) is 4.68 Å². The molecule has 124 valence electrons. The second-order valence-electron chi connectivity index (χ2n) is 5.89. The van der Waals surface area contributed by atoms with Crippen molar-refractivity contribution in [3.63, 3.8) is 0 Å². The summed E-state index contributed by atoms with van der Waals surface area (Å²) in [4.78, 5) is 0.232. The van der Waals surface area contributed by atoms with Crippen LogP contribution in [0.4, 0.5) is 0 Å². The lowest BCUT2D eigenvalue weighted by molar-refractivity contribution is 0.170. The second-order valence-corrected chi connectivity index (χ2v) is 7.83. The van der Waals surface area contributed by atoms with E-state index in [9.17, 15) is 8.42 Å². The fourth-order valence-corrected chi connectivity index (χ4v) is 4.24. The van der Waals surface area contributed by atoms with E-state index in [1.54, 1.807) is 10.9 Å². The standard InChI is InChI=1S/C16H21N3O3S/c20-13-15-6-8-19(9-7-15)23(21,22)16-10-17-18(12-16)11-14-4-2-1-3-5-14/h1-5,10,12,15,20H,6-9,11,13H2. The van der Waals surface area contributed by atoms with Crippen molar-refractivity contribution in [2.45, 2.75) is 24.3 Å². The summed E-state index contributed by atoms with van der Waals surface area (Å²) < 4.78 is 28.4. The van der Waals surface area contributed by atoms with Crippen molar-refractivity contribution >= 4 is 10.0 Å². The predicted octanol–water partition coefficient (Wildman–Crippen LogP) is 1.32. The van der Waals surface area contributed by atoms with Crippen LogP contribution in [0.3, 0.4) is 0 Å². The minimum Gasteiger partial charge on any atom is -0.396 e. The number of rotatable bonds is 5. The van der Waals surface area contributed by atoms with Gasteiger partial charge >= 0.3 is 0 Å². The van der Waals surface area contributed by atoms with Gasteiger partial charge in [0.1, 0.15) is 4.90 Å². The lowest BCUT2D eigenvalue weighted by Gasteiger charge is -2.29. The first-order chi connectivity index (χ1) is 11.1.